The smallest absolute Gasteiger partial charge is 0.397 e. The molecule has 0 aliphatic heterocycles. The lowest BCUT2D eigenvalue weighted by atomic mass is 10.3. The summed E-state index contributed by atoms with van der Waals surface area (Å²) in [4.78, 5) is -0.338. The van der Waals surface area contributed by atoms with Crippen LogP contribution in [0.25, 0.3) is 0 Å². The van der Waals surface area contributed by atoms with Crippen LogP contribution in [0.5, 0.6) is 5.75 Å². The summed E-state index contributed by atoms with van der Waals surface area (Å²) in [6, 6.07) is 3.44. The van der Waals surface area contributed by atoms with E-state index >= 15 is 0 Å². The molecule has 20 heavy (non-hydrogen) atoms. The third-order valence-electron chi connectivity index (χ3n) is 2.25. The summed E-state index contributed by atoms with van der Waals surface area (Å²) in [6.07, 6.45) is 0. The number of sulfone groups is 1. The average Bonchev–Trinajstić information content (AvgIpc) is 2.35. The van der Waals surface area contributed by atoms with Gasteiger partial charge in [0, 0.05) is 6.07 Å². The van der Waals surface area contributed by atoms with Gasteiger partial charge in [-0.1, -0.05) is 0 Å². The minimum absolute atomic E-state index is 0.0778. The second-order valence-corrected chi connectivity index (χ2v) is 6.81. The maximum atomic E-state index is 11.9. The van der Waals surface area contributed by atoms with Crippen molar-refractivity contribution in [1.29, 1.82) is 0 Å². The van der Waals surface area contributed by atoms with Gasteiger partial charge in [0.25, 0.3) is 0 Å². The highest BCUT2D eigenvalue weighted by atomic mass is 32.3. The largest absolute Gasteiger partial charge is 0.495 e. The summed E-state index contributed by atoms with van der Waals surface area (Å²) in [7, 11) is -7.86. The first-order chi connectivity index (χ1) is 9.08. The van der Waals surface area contributed by atoms with Crippen LogP contribution in [-0.4, -0.2) is 45.6 Å². The molecule has 114 valence electrons. The van der Waals surface area contributed by atoms with Gasteiger partial charge in [-0.05, 0) is 12.1 Å². The molecule has 0 radical (unpaired) electrons. The predicted octanol–water partition coefficient (Wildman–Crippen LogP) is -0.811. The minimum Gasteiger partial charge on any atom is -0.495 e. The number of aliphatic hydroxyl groups excluding tert-OH is 1. The van der Waals surface area contributed by atoms with Crippen molar-refractivity contribution in [3.8, 4) is 5.75 Å². The van der Waals surface area contributed by atoms with E-state index in [1.165, 1.54) is 13.2 Å². The van der Waals surface area contributed by atoms with Crippen molar-refractivity contribution in [3.05, 3.63) is 18.2 Å². The highest BCUT2D eigenvalue weighted by molar-refractivity contribution is 7.92. The molecule has 0 aliphatic rings. The first-order valence-corrected chi connectivity index (χ1v) is 7.96. The maximum absolute atomic E-state index is 11.9. The van der Waals surface area contributed by atoms with Gasteiger partial charge in [-0.3, -0.25) is 4.55 Å². The Bertz CT molecular complexity index is 682. The number of nitrogen functional groups attached to an aromatic ring is 1. The number of ether oxygens (including phenoxy) is 1. The van der Waals surface area contributed by atoms with Gasteiger partial charge >= 0.3 is 10.4 Å². The molecule has 1 unspecified atom stereocenters. The zero-order valence-electron chi connectivity index (χ0n) is 10.3. The SMILES string of the molecule is COc1cc(S(=O)(=O)C(O)COS(=O)(=O)O)ccc1N. The summed E-state index contributed by atoms with van der Waals surface area (Å²) < 4.78 is 61.5. The number of hydrogen-bond acceptors (Lipinski definition) is 8. The number of aliphatic hydroxyl groups is 1. The van der Waals surface area contributed by atoms with Gasteiger partial charge in [0.2, 0.25) is 9.84 Å². The van der Waals surface area contributed by atoms with Gasteiger partial charge in [-0.25, -0.2) is 12.6 Å². The molecule has 1 aromatic rings. The van der Waals surface area contributed by atoms with Crippen LogP contribution < -0.4 is 10.5 Å². The molecule has 9 nitrogen and oxygen atoms in total. The van der Waals surface area contributed by atoms with Crippen LogP contribution in [0.4, 0.5) is 5.69 Å². The number of methoxy groups -OCH3 is 1. The lowest BCUT2D eigenvalue weighted by Gasteiger charge is -2.12. The third kappa shape index (κ3) is 4.05. The predicted molar refractivity (Wildman–Crippen MR) is 68.1 cm³/mol. The maximum Gasteiger partial charge on any atom is 0.397 e. The molecule has 1 rings (SSSR count). The Labute approximate surface area is 115 Å². The van der Waals surface area contributed by atoms with Crippen molar-refractivity contribution in [2.24, 2.45) is 0 Å². The number of benzene rings is 1. The molecule has 0 amide bonds. The third-order valence-corrected chi connectivity index (χ3v) is 4.45. The molecule has 4 N–H and O–H groups in total. The van der Waals surface area contributed by atoms with Crippen LogP contribution in [0.1, 0.15) is 0 Å². The molecule has 0 aliphatic carbocycles. The Kier molecular flexibility index (Phi) is 4.94. The van der Waals surface area contributed by atoms with Gasteiger partial charge in [-0.15, -0.1) is 0 Å². The van der Waals surface area contributed by atoms with Crippen molar-refractivity contribution in [2.75, 3.05) is 19.5 Å². The Balaban J connectivity index is 3.04. The zero-order valence-corrected chi connectivity index (χ0v) is 11.9. The molecule has 0 fully saturated rings. The van der Waals surface area contributed by atoms with Gasteiger partial charge in [0.1, 0.15) is 12.4 Å². The van der Waals surface area contributed by atoms with E-state index in [0.29, 0.717) is 0 Å². The van der Waals surface area contributed by atoms with E-state index in [2.05, 4.69) is 4.18 Å². The Morgan fingerprint density at radius 1 is 1.30 bits per heavy atom. The lowest BCUT2D eigenvalue weighted by Crippen LogP contribution is -2.27. The van der Waals surface area contributed by atoms with Crippen molar-refractivity contribution in [2.45, 2.75) is 10.3 Å². The Morgan fingerprint density at radius 2 is 1.90 bits per heavy atom. The van der Waals surface area contributed by atoms with Gasteiger partial charge in [0.15, 0.2) is 5.44 Å². The van der Waals surface area contributed by atoms with E-state index in [1.807, 2.05) is 0 Å². The summed E-state index contributed by atoms with van der Waals surface area (Å²) in [6.45, 7) is -1.14. The summed E-state index contributed by atoms with van der Waals surface area (Å²) in [5.41, 5.74) is 3.52. The van der Waals surface area contributed by atoms with E-state index < -0.39 is 32.3 Å². The van der Waals surface area contributed by atoms with Gasteiger partial charge in [0.05, 0.1) is 17.7 Å². The fourth-order valence-corrected chi connectivity index (χ4v) is 2.74. The van der Waals surface area contributed by atoms with Crippen molar-refractivity contribution in [3.63, 3.8) is 0 Å². The first-order valence-electron chi connectivity index (χ1n) is 5.05. The molecular formula is C9H13NO8S2. The van der Waals surface area contributed by atoms with Crippen LogP contribution in [0.3, 0.4) is 0 Å². The number of rotatable bonds is 6. The molecular weight excluding hydrogens is 314 g/mol. The van der Waals surface area contributed by atoms with Crippen LogP contribution in [0.2, 0.25) is 0 Å². The number of hydrogen-bond donors (Lipinski definition) is 3. The standard InChI is InChI=1S/C9H13NO8S2/c1-17-8-4-6(2-3-7(8)10)19(12,13)9(11)5-18-20(14,15)16/h2-4,9,11H,5,10H2,1H3,(H,14,15,16). The molecule has 1 atom stereocenters. The van der Waals surface area contributed by atoms with Crippen molar-refractivity contribution in [1.82, 2.24) is 0 Å². The molecule has 1 aromatic carbocycles. The summed E-state index contributed by atoms with van der Waals surface area (Å²) in [5, 5.41) is 9.47. The zero-order chi connectivity index (χ0) is 15.6. The summed E-state index contributed by atoms with van der Waals surface area (Å²) in [5.74, 6) is 0.0778. The molecule has 0 aromatic heterocycles. The first kappa shape index (κ1) is 16.7. The quantitative estimate of drug-likeness (QED) is 0.449. The number of anilines is 1. The van der Waals surface area contributed by atoms with E-state index in [1.54, 1.807) is 0 Å². The fourth-order valence-electron chi connectivity index (χ4n) is 1.26. The molecule has 0 bridgehead atoms. The summed E-state index contributed by atoms with van der Waals surface area (Å²) >= 11 is 0. The average molecular weight is 327 g/mol. The molecule has 11 heteroatoms. The van der Waals surface area contributed by atoms with Gasteiger partial charge in [-0.2, -0.15) is 8.42 Å². The van der Waals surface area contributed by atoms with Gasteiger partial charge < -0.3 is 15.6 Å². The van der Waals surface area contributed by atoms with Crippen LogP contribution in [0, 0.1) is 0 Å². The molecule has 0 heterocycles. The molecule has 0 saturated heterocycles. The second kappa shape index (κ2) is 5.93. The highest BCUT2D eigenvalue weighted by Gasteiger charge is 2.28. The van der Waals surface area contributed by atoms with E-state index in [-0.39, 0.29) is 16.3 Å². The Hall–Kier alpha value is -1.40. The lowest BCUT2D eigenvalue weighted by molar-refractivity contribution is 0.157. The molecule has 0 saturated carbocycles. The fraction of sp³-hybridized carbons (Fsp3) is 0.333. The van der Waals surface area contributed by atoms with Crippen LogP contribution in [0.15, 0.2) is 23.1 Å². The second-order valence-electron chi connectivity index (χ2n) is 3.62. The van der Waals surface area contributed by atoms with Crippen LogP contribution >= 0.6 is 0 Å². The van der Waals surface area contributed by atoms with E-state index in [0.717, 1.165) is 12.1 Å². The Morgan fingerprint density at radius 3 is 2.40 bits per heavy atom. The van der Waals surface area contributed by atoms with Crippen molar-refractivity contribution < 1.29 is 35.4 Å². The normalized spacial score (nSPS) is 13.9. The molecule has 0 spiro atoms. The van der Waals surface area contributed by atoms with E-state index in [9.17, 15) is 21.9 Å². The minimum atomic E-state index is -4.85. The van der Waals surface area contributed by atoms with Crippen LogP contribution in [-0.2, 0) is 24.4 Å². The topological polar surface area (TPSA) is 153 Å². The number of nitrogens with two attached hydrogens (primary N) is 1. The monoisotopic (exact) mass is 327 g/mol. The highest BCUT2D eigenvalue weighted by Crippen LogP contribution is 2.26. The van der Waals surface area contributed by atoms with Crippen molar-refractivity contribution >= 4 is 25.9 Å². The van der Waals surface area contributed by atoms with E-state index in [4.69, 9.17) is 15.0 Å².